The van der Waals surface area contributed by atoms with Crippen molar-refractivity contribution in [3.8, 4) is 6.07 Å². The quantitative estimate of drug-likeness (QED) is 0.772. The molecule has 0 atom stereocenters. The van der Waals surface area contributed by atoms with Gasteiger partial charge in [0.15, 0.2) is 0 Å². The SMILES string of the molecule is CCc1cc(C#N)ccc1Nc1cc(N(C)CC2CCN(C(=O)O)CC2)ncn1. The summed E-state index contributed by atoms with van der Waals surface area (Å²) in [5.41, 5.74) is 2.63. The number of aryl methyl sites for hydroxylation is 1. The largest absolute Gasteiger partial charge is 0.465 e. The van der Waals surface area contributed by atoms with Crippen LogP contribution in [0.4, 0.5) is 22.1 Å². The van der Waals surface area contributed by atoms with Gasteiger partial charge in [0.1, 0.15) is 18.0 Å². The van der Waals surface area contributed by atoms with Gasteiger partial charge in [-0.15, -0.1) is 0 Å². The van der Waals surface area contributed by atoms with Gasteiger partial charge in [-0.1, -0.05) is 6.92 Å². The Labute approximate surface area is 170 Å². The molecule has 8 heteroatoms. The van der Waals surface area contributed by atoms with Crippen LogP contribution in [0.1, 0.15) is 30.9 Å². The molecule has 29 heavy (non-hydrogen) atoms. The van der Waals surface area contributed by atoms with E-state index in [1.165, 1.54) is 11.2 Å². The van der Waals surface area contributed by atoms with Gasteiger partial charge < -0.3 is 20.2 Å². The van der Waals surface area contributed by atoms with Crippen molar-refractivity contribution in [2.75, 3.05) is 36.9 Å². The summed E-state index contributed by atoms with van der Waals surface area (Å²) in [5, 5.41) is 21.5. The van der Waals surface area contributed by atoms with Crippen molar-refractivity contribution in [3.63, 3.8) is 0 Å². The molecule has 3 rings (SSSR count). The van der Waals surface area contributed by atoms with Gasteiger partial charge in [-0.05, 0) is 48.9 Å². The van der Waals surface area contributed by atoms with Gasteiger partial charge in [0.2, 0.25) is 0 Å². The molecule has 0 aliphatic carbocycles. The van der Waals surface area contributed by atoms with Crippen molar-refractivity contribution in [2.24, 2.45) is 5.92 Å². The first-order chi connectivity index (χ1) is 14.0. The summed E-state index contributed by atoms with van der Waals surface area (Å²) < 4.78 is 0. The van der Waals surface area contributed by atoms with Crippen molar-refractivity contribution < 1.29 is 9.90 Å². The second-order valence-corrected chi connectivity index (χ2v) is 7.32. The lowest BCUT2D eigenvalue weighted by molar-refractivity contribution is 0.125. The number of hydrogen-bond acceptors (Lipinski definition) is 6. The molecule has 1 fully saturated rings. The highest BCUT2D eigenvalue weighted by Crippen LogP contribution is 2.24. The zero-order chi connectivity index (χ0) is 20.8. The lowest BCUT2D eigenvalue weighted by Gasteiger charge is -2.32. The van der Waals surface area contributed by atoms with Gasteiger partial charge in [0.25, 0.3) is 0 Å². The summed E-state index contributed by atoms with van der Waals surface area (Å²) >= 11 is 0. The fourth-order valence-electron chi connectivity index (χ4n) is 3.63. The number of nitriles is 1. The molecule has 0 radical (unpaired) electrons. The van der Waals surface area contributed by atoms with E-state index < -0.39 is 6.09 Å². The first-order valence-electron chi connectivity index (χ1n) is 9.81. The molecule has 2 heterocycles. The standard InChI is InChI=1S/C21H26N6O2/c1-3-17-10-16(12-22)4-5-18(17)25-19-11-20(24-14-23-19)26(2)13-15-6-8-27(9-7-15)21(28)29/h4-5,10-11,14-15H,3,6-9,13H2,1-2H3,(H,28,29)(H,23,24,25). The molecule has 1 aliphatic heterocycles. The van der Waals surface area contributed by atoms with Crippen LogP contribution in [-0.2, 0) is 6.42 Å². The number of carboxylic acid groups (broad SMARTS) is 1. The van der Waals surface area contributed by atoms with Crippen LogP contribution in [0.15, 0.2) is 30.6 Å². The molecule has 2 N–H and O–H groups in total. The summed E-state index contributed by atoms with van der Waals surface area (Å²) in [5.74, 6) is 1.95. The zero-order valence-electron chi connectivity index (χ0n) is 16.8. The average Bonchev–Trinajstić information content (AvgIpc) is 2.74. The number of benzene rings is 1. The van der Waals surface area contributed by atoms with E-state index in [0.29, 0.717) is 30.4 Å². The smallest absolute Gasteiger partial charge is 0.407 e. The van der Waals surface area contributed by atoms with Crippen molar-refractivity contribution in [3.05, 3.63) is 41.7 Å². The third-order valence-electron chi connectivity index (χ3n) is 5.34. The van der Waals surface area contributed by atoms with Crippen molar-refractivity contribution in [2.45, 2.75) is 26.2 Å². The maximum atomic E-state index is 11.0. The van der Waals surface area contributed by atoms with E-state index in [9.17, 15) is 4.79 Å². The maximum absolute atomic E-state index is 11.0. The first-order valence-corrected chi connectivity index (χ1v) is 9.81. The molecule has 1 aromatic heterocycles. The van der Waals surface area contributed by atoms with Crippen LogP contribution in [0.5, 0.6) is 0 Å². The molecule has 152 valence electrons. The van der Waals surface area contributed by atoms with Crippen LogP contribution in [0.2, 0.25) is 0 Å². The number of aromatic nitrogens is 2. The molecule has 8 nitrogen and oxygen atoms in total. The second kappa shape index (κ2) is 9.24. The lowest BCUT2D eigenvalue weighted by atomic mass is 9.96. The summed E-state index contributed by atoms with van der Waals surface area (Å²) in [7, 11) is 1.99. The van der Waals surface area contributed by atoms with Crippen LogP contribution in [-0.4, -0.2) is 52.7 Å². The highest BCUT2D eigenvalue weighted by atomic mass is 16.4. The van der Waals surface area contributed by atoms with Gasteiger partial charge >= 0.3 is 6.09 Å². The van der Waals surface area contributed by atoms with Gasteiger partial charge in [-0.25, -0.2) is 14.8 Å². The Morgan fingerprint density at radius 2 is 2.10 bits per heavy atom. The highest BCUT2D eigenvalue weighted by molar-refractivity contribution is 5.65. The Morgan fingerprint density at radius 3 is 2.76 bits per heavy atom. The van der Waals surface area contributed by atoms with Gasteiger partial charge in [-0.3, -0.25) is 0 Å². The molecule has 1 amide bonds. The lowest BCUT2D eigenvalue weighted by Crippen LogP contribution is -2.40. The van der Waals surface area contributed by atoms with Crippen LogP contribution < -0.4 is 10.2 Å². The fourth-order valence-corrected chi connectivity index (χ4v) is 3.63. The number of carbonyl (C=O) groups is 1. The average molecular weight is 394 g/mol. The van der Waals surface area contributed by atoms with Crippen LogP contribution in [0.3, 0.4) is 0 Å². The topological polar surface area (TPSA) is 105 Å². The minimum absolute atomic E-state index is 0.437. The van der Waals surface area contributed by atoms with Crippen molar-refractivity contribution in [1.82, 2.24) is 14.9 Å². The van der Waals surface area contributed by atoms with E-state index in [0.717, 1.165) is 42.9 Å². The summed E-state index contributed by atoms with van der Waals surface area (Å²) in [6.07, 6.45) is 3.23. The van der Waals surface area contributed by atoms with Gasteiger partial charge in [0, 0.05) is 38.4 Å². The predicted molar refractivity (Wildman–Crippen MR) is 111 cm³/mol. The monoisotopic (exact) mass is 394 g/mol. The van der Waals surface area contributed by atoms with E-state index >= 15 is 0 Å². The molecule has 0 unspecified atom stereocenters. The summed E-state index contributed by atoms with van der Waals surface area (Å²) in [4.78, 5) is 23.3. The van der Waals surface area contributed by atoms with Gasteiger partial charge in [0.05, 0.1) is 11.6 Å². The van der Waals surface area contributed by atoms with E-state index in [1.54, 1.807) is 6.07 Å². The van der Waals surface area contributed by atoms with Crippen molar-refractivity contribution in [1.29, 1.82) is 5.26 Å². The Morgan fingerprint density at radius 1 is 1.34 bits per heavy atom. The fraction of sp³-hybridized carbons (Fsp3) is 0.429. The number of rotatable bonds is 6. The van der Waals surface area contributed by atoms with E-state index in [2.05, 4.69) is 33.2 Å². The molecular formula is C21H26N6O2. The number of likely N-dealkylation sites (tertiary alicyclic amines) is 1. The van der Waals surface area contributed by atoms with Crippen molar-refractivity contribution >= 4 is 23.4 Å². The van der Waals surface area contributed by atoms with Gasteiger partial charge in [-0.2, -0.15) is 5.26 Å². The second-order valence-electron chi connectivity index (χ2n) is 7.32. The van der Waals surface area contributed by atoms with Crippen LogP contribution in [0, 0.1) is 17.2 Å². The highest BCUT2D eigenvalue weighted by Gasteiger charge is 2.23. The third kappa shape index (κ3) is 5.13. The maximum Gasteiger partial charge on any atom is 0.407 e. The molecule has 1 saturated heterocycles. The molecule has 2 aromatic rings. The zero-order valence-corrected chi connectivity index (χ0v) is 16.8. The molecular weight excluding hydrogens is 368 g/mol. The first kappa shape index (κ1) is 20.4. The normalized spacial score (nSPS) is 14.3. The number of nitrogens with zero attached hydrogens (tertiary/aromatic N) is 5. The molecule has 1 aliphatic rings. The minimum Gasteiger partial charge on any atom is -0.465 e. The number of piperidine rings is 1. The number of anilines is 3. The summed E-state index contributed by atoms with van der Waals surface area (Å²) in [6, 6.07) is 9.66. The number of amides is 1. The van der Waals surface area contributed by atoms with Crippen LogP contribution >= 0.6 is 0 Å². The Bertz CT molecular complexity index is 902. The predicted octanol–water partition coefficient (Wildman–Crippen LogP) is 3.48. The van der Waals surface area contributed by atoms with E-state index in [4.69, 9.17) is 10.4 Å². The number of nitrogens with one attached hydrogen (secondary N) is 1. The molecule has 0 saturated carbocycles. The Balaban J connectivity index is 1.65. The van der Waals surface area contributed by atoms with Crippen LogP contribution in [0.25, 0.3) is 0 Å². The number of hydrogen-bond donors (Lipinski definition) is 2. The Kier molecular flexibility index (Phi) is 6.50. The van der Waals surface area contributed by atoms with E-state index in [1.807, 2.05) is 25.2 Å². The molecule has 0 bridgehead atoms. The molecule has 0 spiro atoms. The van der Waals surface area contributed by atoms with E-state index in [-0.39, 0.29) is 0 Å². The summed E-state index contributed by atoms with van der Waals surface area (Å²) in [6.45, 7) is 4.04. The minimum atomic E-state index is -0.836. The molecule has 1 aromatic carbocycles. The third-order valence-corrected chi connectivity index (χ3v) is 5.34. The Hall–Kier alpha value is -3.34.